The van der Waals surface area contributed by atoms with Gasteiger partial charge in [0.05, 0.1) is 17.3 Å². The van der Waals surface area contributed by atoms with Gasteiger partial charge in [-0.3, -0.25) is 4.79 Å². The average Bonchev–Trinajstić information content (AvgIpc) is 3.12. The van der Waals surface area contributed by atoms with Crippen molar-refractivity contribution in [2.75, 3.05) is 13.7 Å². The number of hydrogen-bond donors (Lipinski definition) is 2. The summed E-state index contributed by atoms with van der Waals surface area (Å²) in [6.45, 7) is 3.15. The molecular formula is C19H25N4O2S+. The maximum absolute atomic E-state index is 13.0. The van der Waals surface area contributed by atoms with Gasteiger partial charge in [0.25, 0.3) is 5.91 Å². The summed E-state index contributed by atoms with van der Waals surface area (Å²) in [5, 5.41) is 4.05. The fourth-order valence-corrected chi connectivity index (χ4v) is 5.30. The molecule has 3 atom stereocenters. The van der Waals surface area contributed by atoms with Gasteiger partial charge in [-0.15, -0.1) is 11.3 Å². The van der Waals surface area contributed by atoms with Crippen LogP contribution in [0.2, 0.25) is 0 Å². The SMILES string of the molecule is C[C@@H]1CCCC[C@]12NC(=O)N(C[NH+](C)Cc1nc3ccccc3s1)C2=O. The normalized spacial score (nSPS) is 27.3. The number of carbonyl (C=O) groups excluding carboxylic acids is 2. The summed E-state index contributed by atoms with van der Waals surface area (Å²) < 4.78 is 1.17. The highest BCUT2D eigenvalue weighted by Crippen LogP contribution is 2.37. The molecule has 4 rings (SSSR count). The number of amides is 3. The van der Waals surface area contributed by atoms with Crippen LogP contribution in [0.4, 0.5) is 4.79 Å². The van der Waals surface area contributed by atoms with Crippen molar-refractivity contribution in [3.63, 3.8) is 0 Å². The van der Waals surface area contributed by atoms with Crippen molar-refractivity contribution in [2.24, 2.45) is 5.92 Å². The number of benzene rings is 1. The van der Waals surface area contributed by atoms with Gasteiger partial charge in [-0.05, 0) is 30.9 Å². The van der Waals surface area contributed by atoms with Crippen LogP contribution in [-0.4, -0.2) is 41.1 Å². The molecule has 1 saturated heterocycles. The number of nitrogens with one attached hydrogen (secondary N) is 2. The van der Waals surface area contributed by atoms with Crippen LogP contribution < -0.4 is 10.2 Å². The Labute approximate surface area is 157 Å². The first-order valence-electron chi connectivity index (χ1n) is 9.29. The zero-order chi connectivity index (χ0) is 18.3. The van der Waals surface area contributed by atoms with Gasteiger partial charge < -0.3 is 10.2 Å². The quantitative estimate of drug-likeness (QED) is 0.803. The molecule has 6 nitrogen and oxygen atoms in total. The molecule has 2 aromatic rings. The van der Waals surface area contributed by atoms with E-state index in [1.807, 2.05) is 25.2 Å². The van der Waals surface area contributed by atoms with Crippen LogP contribution in [0.1, 0.15) is 37.6 Å². The molecule has 1 aliphatic carbocycles. The number of hydrogen-bond acceptors (Lipinski definition) is 4. The number of quaternary nitrogens is 1. The second-order valence-corrected chi connectivity index (χ2v) is 8.76. The van der Waals surface area contributed by atoms with Gasteiger partial charge in [0, 0.05) is 0 Å². The molecule has 26 heavy (non-hydrogen) atoms. The summed E-state index contributed by atoms with van der Waals surface area (Å²) in [6.07, 6.45) is 3.88. The van der Waals surface area contributed by atoms with E-state index >= 15 is 0 Å². The van der Waals surface area contributed by atoms with Crippen molar-refractivity contribution in [1.82, 2.24) is 15.2 Å². The Hall–Kier alpha value is -1.99. The molecule has 0 bridgehead atoms. The lowest BCUT2D eigenvalue weighted by molar-refractivity contribution is -0.901. The van der Waals surface area contributed by atoms with Gasteiger partial charge >= 0.3 is 6.03 Å². The topological polar surface area (TPSA) is 66.7 Å². The fourth-order valence-electron chi connectivity index (χ4n) is 4.22. The maximum Gasteiger partial charge on any atom is 0.329 e. The van der Waals surface area contributed by atoms with Gasteiger partial charge in [0.2, 0.25) is 0 Å². The molecule has 2 heterocycles. The second-order valence-electron chi connectivity index (χ2n) is 7.65. The maximum atomic E-state index is 13.0. The molecule has 1 aliphatic heterocycles. The highest BCUT2D eigenvalue weighted by Gasteiger charge is 2.55. The number of imide groups is 1. The molecule has 3 amide bonds. The van der Waals surface area contributed by atoms with E-state index < -0.39 is 5.54 Å². The van der Waals surface area contributed by atoms with E-state index in [4.69, 9.17) is 0 Å². The second kappa shape index (κ2) is 6.63. The lowest BCUT2D eigenvalue weighted by Gasteiger charge is -2.36. The minimum Gasteiger partial charge on any atom is -0.323 e. The highest BCUT2D eigenvalue weighted by molar-refractivity contribution is 7.18. The summed E-state index contributed by atoms with van der Waals surface area (Å²) in [6, 6.07) is 7.83. The Morgan fingerprint density at radius 2 is 2.15 bits per heavy atom. The lowest BCUT2D eigenvalue weighted by Crippen LogP contribution is -3.09. The zero-order valence-electron chi connectivity index (χ0n) is 15.2. The first kappa shape index (κ1) is 17.4. The standard InChI is InChI=1S/C19H24N4O2S/c1-13-7-5-6-10-19(13)17(24)23(18(25)21-19)12-22(2)11-16-20-14-8-3-4-9-15(14)26-16/h3-4,8-9,13H,5-7,10-12H2,1-2H3,(H,21,25)/p+1/t13-,19+/m1/s1. The molecule has 2 N–H and O–H groups in total. The van der Waals surface area contributed by atoms with Crippen molar-refractivity contribution in [1.29, 1.82) is 0 Å². The van der Waals surface area contributed by atoms with Crippen LogP contribution in [0.5, 0.6) is 0 Å². The summed E-state index contributed by atoms with van der Waals surface area (Å²) in [4.78, 5) is 32.7. The number of urea groups is 1. The van der Waals surface area contributed by atoms with Crippen molar-refractivity contribution < 1.29 is 14.5 Å². The van der Waals surface area contributed by atoms with E-state index in [1.165, 1.54) is 9.60 Å². The van der Waals surface area contributed by atoms with Gasteiger partial charge in [-0.25, -0.2) is 14.7 Å². The molecule has 1 aromatic heterocycles. The smallest absolute Gasteiger partial charge is 0.323 e. The van der Waals surface area contributed by atoms with Crippen LogP contribution in [0, 0.1) is 5.92 Å². The van der Waals surface area contributed by atoms with E-state index in [2.05, 4.69) is 23.3 Å². The monoisotopic (exact) mass is 373 g/mol. The highest BCUT2D eigenvalue weighted by atomic mass is 32.1. The van der Waals surface area contributed by atoms with E-state index in [0.29, 0.717) is 13.2 Å². The number of nitrogens with zero attached hydrogens (tertiary/aromatic N) is 2. The van der Waals surface area contributed by atoms with E-state index in [1.54, 1.807) is 11.3 Å². The Morgan fingerprint density at radius 1 is 1.35 bits per heavy atom. The number of carbonyl (C=O) groups is 2. The summed E-state index contributed by atoms with van der Waals surface area (Å²) in [5.74, 6) is 0.153. The summed E-state index contributed by atoms with van der Waals surface area (Å²) >= 11 is 1.67. The minimum absolute atomic E-state index is 0.0432. The van der Waals surface area contributed by atoms with E-state index in [9.17, 15) is 9.59 Å². The molecule has 138 valence electrons. The third-order valence-electron chi connectivity index (χ3n) is 5.72. The molecule has 0 radical (unpaired) electrons. The minimum atomic E-state index is -0.675. The number of thiazole rings is 1. The predicted octanol–water partition coefficient (Wildman–Crippen LogP) is 1.77. The molecule has 1 saturated carbocycles. The van der Waals surface area contributed by atoms with Gasteiger partial charge in [0.15, 0.2) is 6.67 Å². The Morgan fingerprint density at radius 3 is 2.92 bits per heavy atom. The van der Waals surface area contributed by atoms with Crippen LogP contribution >= 0.6 is 11.3 Å². The Balaban J connectivity index is 1.46. The van der Waals surface area contributed by atoms with Gasteiger partial charge in [-0.1, -0.05) is 31.9 Å². The zero-order valence-corrected chi connectivity index (χ0v) is 16.1. The summed E-state index contributed by atoms with van der Waals surface area (Å²) in [7, 11) is 2.00. The van der Waals surface area contributed by atoms with Crippen molar-refractivity contribution in [3.05, 3.63) is 29.3 Å². The first-order chi connectivity index (χ1) is 12.5. The first-order valence-corrected chi connectivity index (χ1v) is 10.1. The van der Waals surface area contributed by atoms with E-state index in [0.717, 1.165) is 41.1 Å². The number of fused-ring (bicyclic) bond motifs is 1. The number of aromatic nitrogens is 1. The molecule has 1 unspecified atom stereocenters. The van der Waals surface area contributed by atoms with Gasteiger partial charge in [-0.2, -0.15) is 0 Å². The molecule has 1 spiro atoms. The molecular weight excluding hydrogens is 348 g/mol. The van der Waals surface area contributed by atoms with Crippen LogP contribution in [-0.2, 0) is 11.3 Å². The van der Waals surface area contributed by atoms with Crippen molar-refractivity contribution >= 4 is 33.5 Å². The van der Waals surface area contributed by atoms with Crippen molar-refractivity contribution in [2.45, 2.75) is 44.7 Å². The third-order valence-corrected chi connectivity index (χ3v) is 6.76. The molecule has 7 heteroatoms. The molecule has 1 aromatic carbocycles. The average molecular weight is 374 g/mol. The Kier molecular flexibility index (Phi) is 4.44. The van der Waals surface area contributed by atoms with Crippen molar-refractivity contribution in [3.8, 4) is 0 Å². The number of para-hydroxylation sites is 1. The summed E-state index contributed by atoms with van der Waals surface area (Å²) in [5.41, 5.74) is 0.330. The molecule has 2 aliphatic rings. The van der Waals surface area contributed by atoms with Crippen LogP contribution in [0.15, 0.2) is 24.3 Å². The largest absolute Gasteiger partial charge is 0.329 e. The van der Waals surface area contributed by atoms with Crippen LogP contribution in [0.3, 0.4) is 0 Å². The van der Waals surface area contributed by atoms with Crippen LogP contribution in [0.25, 0.3) is 10.2 Å². The van der Waals surface area contributed by atoms with Gasteiger partial charge in [0.1, 0.15) is 17.1 Å². The molecule has 2 fully saturated rings. The predicted molar refractivity (Wildman–Crippen MR) is 101 cm³/mol. The Bertz CT molecular complexity index is 818. The number of rotatable bonds is 4. The lowest BCUT2D eigenvalue weighted by atomic mass is 9.73. The fraction of sp³-hybridized carbons (Fsp3) is 0.526. The third kappa shape index (κ3) is 2.89. The van der Waals surface area contributed by atoms with E-state index in [-0.39, 0.29) is 17.9 Å².